The van der Waals surface area contributed by atoms with Crippen LogP contribution in [0.5, 0.6) is 0 Å². The number of nitrogens with zero attached hydrogens (tertiary/aromatic N) is 4. The minimum absolute atomic E-state index is 0.425. The van der Waals surface area contributed by atoms with E-state index in [9.17, 15) is 0 Å². The fraction of sp³-hybridized carbons (Fsp3) is 0.944. The first-order valence-electron chi connectivity index (χ1n) is 9.44. The van der Waals surface area contributed by atoms with Crippen LogP contribution in [0, 0.1) is 5.41 Å². The molecule has 2 rings (SSSR count). The Morgan fingerprint density at radius 2 is 1.96 bits per heavy atom. The molecule has 0 atom stereocenters. The third-order valence-electron chi connectivity index (χ3n) is 5.02. The predicted octanol–water partition coefficient (Wildman–Crippen LogP) is 1.71. The molecular formula is C18H37N5. The zero-order valence-corrected chi connectivity index (χ0v) is 15.8. The maximum absolute atomic E-state index is 4.88. The van der Waals surface area contributed by atoms with E-state index in [1.54, 1.807) is 0 Å². The maximum Gasteiger partial charge on any atom is 0.193 e. The Hall–Kier alpha value is -0.810. The Bertz CT molecular complexity index is 380. The third-order valence-corrected chi connectivity index (χ3v) is 5.02. The smallest absolute Gasteiger partial charge is 0.193 e. The van der Waals surface area contributed by atoms with E-state index in [0.29, 0.717) is 5.41 Å². The van der Waals surface area contributed by atoms with Crippen molar-refractivity contribution < 1.29 is 0 Å². The summed E-state index contributed by atoms with van der Waals surface area (Å²) < 4.78 is 0. The number of nitrogens with one attached hydrogen (secondary N) is 1. The number of aliphatic imine (C=N–C) groups is 1. The maximum atomic E-state index is 4.88. The summed E-state index contributed by atoms with van der Waals surface area (Å²) in [4.78, 5) is 12.4. The molecule has 0 radical (unpaired) electrons. The average Bonchev–Trinajstić information content (AvgIpc) is 2.73. The molecule has 0 aromatic carbocycles. The van der Waals surface area contributed by atoms with Gasteiger partial charge in [0.1, 0.15) is 0 Å². The lowest BCUT2D eigenvalue weighted by Crippen LogP contribution is -2.41. The Kier molecular flexibility index (Phi) is 7.15. The van der Waals surface area contributed by atoms with Gasteiger partial charge in [-0.15, -0.1) is 0 Å². The number of likely N-dealkylation sites (tertiary alicyclic amines) is 1. The quantitative estimate of drug-likeness (QED) is 0.474. The van der Waals surface area contributed by atoms with Crippen molar-refractivity contribution in [3.63, 3.8) is 0 Å². The summed E-state index contributed by atoms with van der Waals surface area (Å²) in [6, 6.07) is 0. The molecule has 5 nitrogen and oxygen atoms in total. The lowest BCUT2D eigenvalue weighted by Gasteiger charge is -2.24. The van der Waals surface area contributed by atoms with Gasteiger partial charge >= 0.3 is 0 Å². The highest BCUT2D eigenvalue weighted by atomic mass is 15.3. The minimum atomic E-state index is 0.425. The van der Waals surface area contributed by atoms with Crippen LogP contribution in [-0.2, 0) is 0 Å². The fourth-order valence-corrected chi connectivity index (χ4v) is 3.52. The van der Waals surface area contributed by atoms with Gasteiger partial charge < -0.3 is 20.0 Å². The second kappa shape index (κ2) is 8.88. The molecule has 0 aromatic rings. The van der Waals surface area contributed by atoms with E-state index in [0.717, 1.165) is 38.6 Å². The largest absolute Gasteiger partial charge is 0.357 e. The highest BCUT2D eigenvalue weighted by Gasteiger charge is 2.30. The second-order valence-electron chi connectivity index (χ2n) is 7.92. The molecule has 2 saturated heterocycles. The molecule has 2 aliphatic heterocycles. The number of guanidine groups is 1. The Balaban J connectivity index is 1.75. The summed E-state index contributed by atoms with van der Waals surface area (Å²) in [6.07, 6.45) is 3.72. The number of hydrogen-bond donors (Lipinski definition) is 1. The van der Waals surface area contributed by atoms with Crippen molar-refractivity contribution in [3.05, 3.63) is 0 Å². The zero-order valence-electron chi connectivity index (χ0n) is 15.8. The molecule has 0 spiro atoms. The van der Waals surface area contributed by atoms with Crippen molar-refractivity contribution in [1.82, 2.24) is 20.0 Å². The van der Waals surface area contributed by atoms with Gasteiger partial charge in [-0.1, -0.05) is 13.8 Å². The minimum Gasteiger partial charge on any atom is -0.357 e. The van der Waals surface area contributed by atoms with Crippen molar-refractivity contribution >= 4 is 5.96 Å². The highest BCUT2D eigenvalue weighted by molar-refractivity contribution is 5.80. The van der Waals surface area contributed by atoms with Gasteiger partial charge in [0.15, 0.2) is 5.96 Å². The first kappa shape index (κ1) is 18.5. The van der Waals surface area contributed by atoms with Gasteiger partial charge in [0.25, 0.3) is 0 Å². The first-order valence-corrected chi connectivity index (χ1v) is 9.44. The van der Waals surface area contributed by atoms with Crippen LogP contribution in [0.15, 0.2) is 4.99 Å². The van der Waals surface area contributed by atoms with Crippen LogP contribution in [0.4, 0.5) is 0 Å². The van der Waals surface area contributed by atoms with E-state index in [1.807, 2.05) is 0 Å². The molecule has 0 aromatic heterocycles. The van der Waals surface area contributed by atoms with Gasteiger partial charge in [0, 0.05) is 39.3 Å². The van der Waals surface area contributed by atoms with Crippen molar-refractivity contribution in [1.29, 1.82) is 0 Å². The van der Waals surface area contributed by atoms with E-state index in [1.165, 1.54) is 45.6 Å². The third kappa shape index (κ3) is 6.30. The molecule has 0 bridgehead atoms. The Morgan fingerprint density at radius 1 is 1.13 bits per heavy atom. The van der Waals surface area contributed by atoms with Crippen LogP contribution in [0.25, 0.3) is 0 Å². The summed E-state index contributed by atoms with van der Waals surface area (Å²) in [5.74, 6) is 1.12. The van der Waals surface area contributed by atoms with Gasteiger partial charge in [-0.2, -0.15) is 0 Å². The van der Waals surface area contributed by atoms with Crippen LogP contribution in [0.1, 0.15) is 40.0 Å². The van der Waals surface area contributed by atoms with E-state index in [4.69, 9.17) is 4.99 Å². The molecule has 134 valence electrons. The normalized spacial score (nSPS) is 24.0. The first-order chi connectivity index (χ1) is 11.0. The van der Waals surface area contributed by atoms with Crippen molar-refractivity contribution in [2.45, 2.75) is 40.0 Å². The van der Waals surface area contributed by atoms with Crippen molar-refractivity contribution in [3.8, 4) is 0 Å². The van der Waals surface area contributed by atoms with Gasteiger partial charge in [0.05, 0.1) is 0 Å². The highest BCUT2D eigenvalue weighted by Crippen LogP contribution is 2.28. The fourth-order valence-electron chi connectivity index (χ4n) is 3.52. The summed E-state index contributed by atoms with van der Waals surface area (Å²) in [6.45, 7) is 17.1. The number of rotatable bonds is 5. The van der Waals surface area contributed by atoms with E-state index in [-0.39, 0.29) is 0 Å². The molecule has 5 heteroatoms. The van der Waals surface area contributed by atoms with Crippen molar-refractivity contribution in [2.24, 2.45) is 10.4 Å². The second-order valence-corrected chi connectivity index (χ2v) is 7.92. The standard InChI is InChI=1S/C18H37N5/c1-5-19-17(23-13-8-18(2,3)16-23)20-9-6-11-22-12-7-10-21(4)14-15-22/h5-16H2,1-4H3,(H,19,20). The summed E-state index contributed by atoms with van der Waals surface area (Å²) in [7, 11) is 2.23. The van der Waals surface area contributed by atoms with E-state index >= 15 is 0 Å². The van der Waals surface area contributed by atoms with Crippen LogP contribution >= 0.6 is 0 Å². The molecule has 0 saturated carbocycles. The van der Waals surface area contributed by atoms with Gasteiger partial charge in [0.2, 0.25) is 0 Å². The molecule has 0 unspecified atom stereocenters. The van der Waals surface area contributed by atoms with E-state index < -0.39 is 0 Å². The Labute approximate surface area is 143 Å². The van der Waals surface area contributed by atoms with E-state index in [2.05, 4.69) is 47.8 Å². The molecule has 1 N–H and O–H groups in total. The summed E-state index contributed by atoms with van der Waals surface area (Å²) >= 11 is 0. The van der Waals surface area contributed by atoms with Gasteiger partial charge in [-0.05, 0) is 58.3 Å². The summed E-state index contributed by atoms with van der Waals surface area (Å²) in [5, 5.41) is 3.47. The zero-order chi connectivity index (χ0) is 16.7. The van der Waals surface area contributed by atoms with Crippen LogP contribution in [-0.4, -0.2) is 86.6 Å². The molecule has 2 fully saturated rings. The lowest BCUT2D eigenvalue weighted by atomic mass is 9.93. The van der Waals surface area contributed by atoms with Crippen molar-refractivity contribution in [2.75, 3.05) is 66.0 Å². The topological polar surface area (TPSA) is 34.1 Å². The molecule has 0 amide bonds. The number of hydrogen-bond acceptors (Lipinski definition) is 3. The predicted molar refractivity (Wildman–Crippen MR) is 99.1 cm³/mol. The monoisotopic (exact) mass is 323 g/mol. The summed E-state index contributed by atoms with van der Waals surface area (Å²) in [5.41, 5.74) is 0.425. The lowest BCUT2D eigenvalue weighted by molar-refractivity contribution is 0.275. The van der Waals surface area contributed by atoms with Gasteiger partial charge in [-0.3, -0.25) is 4.99 Å². The molecule has 23 heavy (non-hydrogen) atoms. The van der Waals surface area contributed by atoms with Crippen LogP contribution < -0.4 is 5.32 Å². The average molecular weight is 324 g/mol. The number of likely N-dealkylation sites (N-methyl/N-ethyl adjacent to an activating group) is 1. The molecule has 0 aliphatic carbocycles. The van der Waals surface area contributed by atoms with Crippen LogP contribution in [0.2, 0.25) is 0 Å². The molecular weight excluding hydrogens is 286 g/mol. The Morgan fingerprint density at radius 3 is 2.65 bits per heavy atom. The van der Waals surface area contributed by atoms with Crippen LogP contribution in [0.3, 0.4) is 0 Å². The SMILES string of the molecule is CCNC(=NCCCN1CCCN(C)CC1)N1CCC(C)(C)C1. The van der Waals surface area contributed by atoms with Gasteiger partial charge in [-0.25, -0.2) is 0 Å². The molecule has 2 heterocycles. The molecule has 2 aliphatic rings.